The molecule has 5 heteroatoms. The first-order valence-electron chi connectivity index (χ1n) is 7.65. The number of carbonyl (C=O) groups excluding carboxylic acids is 2. The SMILES string of the molecule is O=C(NC(=Cc1ccco1)C(=O)N1CCCC1)c1ccccc1. The maximum atomic E-state index is 12.6. The number of benzene rings is 1. The number of amides is 2. The van der Waals surface area contributed by atoms with E-state index in [1.165, 1.54) is 6.26 Å². The van der Waals surface area contributed by atoms with Gasteiger partial charge in [0.15, 0.2) is 0 Å². The number of likely N-dealkylation sites (tertiary alicyclic amines) is 1. The number of nitrogens with zero attached hydrogens (tertiary/aromatic N) is 1. The van der Waals surface area contributed by atoms with Crippen LogP contribution in [-0.2, 0) is 4.79 Å². The summed E-state index contributed by atoms with van der Waals surface area (Å²) in [7, 11) is 0. The zero-order valence-corrected chi connectivity index (χ0v) is 12.7. The number of carbonyl (C=O) groups is 2. The van der Waals surface area contributed by atoms with Gasteiger partial charge in [-0.3, -0.25) is 9.59 Å². The van der Waals surface area contributed by atoms with Crippen LogP contribution in [0.15, 0.2) is 58.8 Å². The molecular weight excluding hydrogens is 292 g/mol. The molecule has 0 atom stereocenters. The van der Waals surface area contributed by atoms with E-state index in [2.05, 4.69) is 5.32 Å². The van der Waals surface area contributed by atoms with Gasteiger partial charge in [-0.25, -0.2) is 0 Å². The van der Waals surface area contributed by atoms with E-state index in [-0.39, 0.29) is 17.5 Å². The van der Waals surface area contributed by atoms with Gasteiger partial charge in [-0.2, -0.15) is 0 Å². The first kappa shape index (κ1) is 15.1. The van der Waals surface area contributed by atoms with Crippen molar-refractivity contribution in [2.24, 2.45) is 0 Å². The zero-order valence-electron chi connectivity index (χ0n) is 12.7. The fourth-order valence-corrected chi connectivity index (χ4v) is 2.54. The van der Waals surface area contributed by atoms with Crippen LogP contribution < -0.4 is 5.32 Å². The van der Waals surface area contributed by atoms with E-state index in [0.717, 1.165) is 25.9 Å². The van der Waals surface area contributed by atoms with E-state index < -0.39 is 0 Å². The van der Waals surface area contributed by atoms with E-state index in [0.29, 0.717) is 11.3 Å². The third kappa shape index (κ3) is 3.69. The fourth-order valence-electron chi connectivity index (χ4n) is 2.54. The van der Waals surface area contributed by atoms with Gasteiger partial charge in [0.25, 0.3) is 11.8 Å². The summed E-state index contributed by atoms with van der Waals surface area (Å²) < 4.78 is 5.27. The first-order chi connectivity index (χ1) is 11.2. The van der Waals surface area contributed by atoms with Crippen molar-refractivity contribution in [2.75, 3.05) is 13.1 Å². The predicted octanol–water partition coefficient (Wildman–Crippen LogP) is 2.67. The molecule has 0 unspecified atom stereocenters. The molecule has 0 saturated carbocycles. The molecule has 2 amide bonds. The molecular formula is C18H18N2O3. The minimum absolute atomic E-state index is 0.178. The van der Waals surface area contributed by atoms with Crippen molar-refractivity contribution in [3.05, 3.63) is 65.7 Å². The lowest BCUT2D eigenvalue weighted by atomic mass is 10.2. The van der Waals surface area contributed by atoms with Crippen molar-refractivity contribution >= 4 is 17.9 Å². The second-order valence-corrected chi connectivity index (χ2v) is 5.39. The Morgan fingerprint density at radius 3 is 2.43 bits per heavy atom. The molecule has 1 aromatic carbocycles. The Kier molecular flexibility index (Phi) is 4.57. The van der Waals surface area contributed by atoms with Gasteiger partial charge < -0.3 is 14.6 Å². The highest BCUT2D eigenvalue weighted by Crippen LogP contribution is 2.14. The Hall–Kier alpha value is -2.82. The lowest BCUT2D eigenvalue weighted by molar-refractivity contribution is -0.126. The Bertz CT molecular complexity index is 699. The van der Waals surface area contributed by atoms with Gasteiger partial charge in [-0.1, -0.05) is 18.2 Å². The summed E-state index contributed by atoms with van der Waals surface area (Å²) in [6, 6.07) is 12.3. The molecule has 1 aliphatic rings. The minimum atomic E-state index is -0.309. The Morgan fingerprint density at radius 2 is 1.78 bits per heavy atom. The Labute approximate surface area is 134 Å². The molecule has 1 fully saturated rings. The molecule has 0 spiro atoms. The largest absolute Gasteiger partial charge is 0.465 e. The highest BCUT2D eigenvalue weighted by atomic mass is 16.3. The van der Waals surface area contributed by atoms with Crippen molar-refractivity contribution in [3.63, 3.8) is 0 Å². The van der Waals surface area contributed by atoms with Crippen molar-refractivity contribution < 1.29 is 14.0 Å². The highest BCUT2D eigenvalue weighted by Gasteiger charge is 2.23. The molecule has 1 N–H and O–H groups in total. The second-order valence-electron chi connectivity index (χ2n) is 5.39. The molecule has 0 radical (unpaired) electrons. The van der Waals surface area contributed by atoms with E-state index in [1.54, 1.807) is 47.4 Å². The van der Waals surface area contributed by atoms with E-state index in [1.807, 2.05) is 6.07 Å². The van der Waals surface area contributed by atoms with E-state index in [4.69, 9.17) is 4.42 Å². The standard InChI is InChI=1S/C18H18N2O3/c21-17(14-7-2-1-3-8-14)19-16(13-15-9-6-12-23-15)18(22)20-10-4-5-11-20/h1-3,6-9,12-13H,4-5,10-11H2,(H,19,21). The predicted molar refractivity (Wildman–Crippen MR) is 86.4 cm³/mol. The van der Waals surface area contributed by atoms with Crippen LogP contribution in [0.5, 0.6) is 0 Å². The van der Waals surface area contributed by atoms with Gasteiger partial charge >= 0.3 is 0 Å². The molecule has 0 aliphatic carbocycles. The van der Waals surface area contributed by atoms with Gasteiger partial charge in [0, 0.05) is 24.7 Å². The Morgan fingerprint density at radius 1 is 1.04 bits per heavy atom. The van der Waals surface area contributed by atoms with Crippen LogP contribution in [0, 0.1) is 0 Å². The molecule has 1 aromatic heterocycles. The van der Waals surface area contributed by atoms with Gasteiger partial charge in [0.1, 0.15) is 11.5 Å². The van der Waals surface area contributed by atoms with Gasteiger partial charge in [0.2, 0.25) is 0 Å². The Balaban J connectivity index is 1.83. The maximum absolute atomic E-state index is 12.6. The van der Waals surface area contributed by atoms with Crippen molar-refractivity contribution in [2.45, 2.75) is 12.8 Å². The van der Waals surface area contributed by atoms with Crippen LogP contribution in [0.1, 0.15) is 29.0 Å². The average molecular weight is 310 g/mol. The van der Waals surface area contributed by atoms with Crippen LogP contribution in [0.2, 0.25) is 0 Å². The third-order valence-electron chi connectivity index (χ3n) is 3.74. The summed E-state index contributed by atoms with van der Waals surface area (Å²) in [5.74, 6) is 0.0417. The van der Waals surface area contributed by atoms with Crippen LogP contribution in [0.25, 0.3) is 6.08 Å². The van der Waals surface area contributed by atoms with Crippen LogP contribution >= 0.6 is 0 Å². The van der Waals surface area contributed by atoms with E-state index in [9.17, 15) is 9.59 Å². The van der Waals surface area contributed by atoms with Gasteiger partial charge in [0.05, 0.1) is 6.26 Å². The second kappa shape index (κ2) is 6.96. The molecule has 23 heavy (non-hydrogen) atoms. The average Bonchev–Trinajstić information content (AvgIpc) is 3.28. The maximum Gasteiger partial charge on any atom is 0.270 e. The lowest BCUT2D eigenvalue weighted by Crippen LogP contribution is -2.36. The monoisotopic (exact) mass is 310 g/mol. The van der Waals surface area contributed by atoms with Gasteiger partial charge in [-0.15, -0.1) is 0 Å². The van der Waals surface area contributed by atoms with Crippen molar-refractivity contribution in [1.82, 2.24) is 10.2 Å². The van der Waals surface area contributed by atoms with Crippen LogP contribution in [0.3, 0.4) is 0 Å². The van der Waals surface area contributed by atoms with Crippen molar-refractivity contribution in [1.29, 1.82) is 0 Å². The molecule has 2 heterocycles. The number of nitrogens with one attached hydrogen (secondary N) is 1. The van der Waals surface area contributed by atoms with Crippen molar-refractivity contribution in [3.8, 4) is 0 Å². The molecule has 3 rings (SSSR count). The normalized spacial score (nSPS) is 14.8. The number of furan rings is 1. The summed E-state index contributed by atoms with van der Waals surface area (Å²) in [5, 5.41) is 2.72. The van der Waals surface area contributed by atoms with E-state index >= 15 is 0 Å². The quantitative estimate of drug-likeness (QED) is 0.883. The molecule has 5 nitrogen and oxygen atoms in total. The van der Waals surface area contributed by atoms with Gasteiger partial charge in [-0.05, 0) is 37.1 Å². The molecule has 1 saturated heterocycles. The lowest BCUT2D eigenvalue weighted by Gasteiger charge is -2.18. The molecule has 2 aromatic rings. The van der Waals surface area contributed by atoms with Crippen LogP contribution in [-0.4, -0.2) is 29.8 Å². The third-order valence-corrected chi connectivity index (χ3v) is 3.74. The number of hydrogen-bond donors (Lipinski definition) is 1. The summed E-state index contributed by atoms with van der Waals surface area (Å²) in [6.07, 6.45) is 5.09. The summed E-state index contributed by atoms with van der Waals surface area (Å²) >= 11 is 0. The minimum Gasteiger partial charge on any atom is -0.465 e. The summed E-state index contributed by atoms with van der Waals surface area (Å²) in [5.41, 5.74) is 0.739. The summed E-state index contributed by atoms with van der Waals surface area (Å²) in [6.45, 7) is 1.44. The number of hydrogen-bond acceptors (Lipinski definition) is 3. The number of rotatable bonds is 4. The molecule has 0 bridgehead atoms. The zero-order chi connectivity index (χ0) is 16.1. The highest BCUT2D eigenvalue weighted by molar-refractivity contribution is 6.05. The summed E-state index contributed by atoms with van der Waals surface area (Å²) in [4.78, 5) is 26.7. The first-order valence-corrected chi connectivity index (χ1v) is 7.65. The molecule has 1 aliphatic heterocycles. The molecule has 118 valence electrons. The topological polar surface area (TPSA) is 62.6 Å². The smallest absolute Gasteiger partial charge is 0.270 e. The fraction of sp³-hybridized carbons (Fsp3) is 0.222. The van der Waals surface area contributed by atoms with Crippen LogP contribution in [0.4, 0.5) is 0 Å².